The summed E-state index contributed by atoms with van der Waals surface area (Å²) in [6.07, 6.45) is -5.39. The largest absolute Gasteiger partial charge is 0.471 e. The number of hydrogen-bond acceptors (Lipinski definition) is 3. The molecule has 0 unspecified atom stereocenters. The molecular formula is C25H12Cl5F6N3O3. The van der Waals surface area contributed by atoms with Gasteiger partial charge < -0.3 is 16.0 Å². The number of benzene rings is 3. The predicted molar refractivity (Wildman–Crippen MR) is 146 cm³/mol. The number of amides is 3. The summed E-state index contributed by atoms with van der Waals surface area (Å²) in [6.45, 7) is 0. The molecule has 0 saturated heterocycles. The number of alkyl halides is 5. The molecule has 17 heteroatoms. The molecule has 3 amide bonds. The van der Waals surface area contributed by atoms with Gasteiger partial charge in [-0.05, 0) is 42.0 Å². The Labute approximate surface area is 257 Å². The molecular weight excluding hydrogens is 682 g/mol. The molecule has 0 aromatic heterocycles. The first-order valence-corrected chi connectivity index (χ1v) is 13.1. The monoisotopic (exact) mass is 691 g/mol. The normalized spacial score (nSPS) is 17.4. The minimum absolute atomic E-state index is 0.101. The first-order valence-electron chi connectivity index (χ1n) is 11.2. The van der Waals surface area contributed by atoms with Gasteiger partial charge in [0.15, 0.2) is 0 Å². The molecule has 0 bridgehead atoms. The lowest BCUT2D eigenvalue weighted by atomic mass is 10.1. The van der Waals surface area contributed by atoms with Crippen molar-refractivity contribution in [2.75, 3.05) is 16.0 Å². The van der Waals surface area contributed by atoms with Gasteiger partial charge in [-0.25, -0.2) is 13.2 Å². The second kappa shape index (κ2) is 11.6. The van der Waals surface area contributed by atoms with Gasteiger partial charge in [0.25, 0.3) is 5.91 Å². The SMILES string of the molecule is O=C(Nc1cc(NC(=O)C(F)(F)F)c(F)cc1F)c1cc(NC(=O)[C@H]2[C@H](c3cc(Cl)cc(Cl)c3)C2(Cl)Cl)cc(F)c1Cl. The van der Waals surface area contributed by atoms with Crippen molar-refractivity contribution in [3.05, 3.63) is 86.1 Å². The average Bonchev–Trinajstić information content (AvgIpc) is 3.44. The molecule has 4 rings (SSSR count). The Hall–Kier alpha value is -2.90. The molecule has 0 spiro atoms. The quantitative estimate of drug-likeness (QED) is 0.179. The third-order valence-electron chi connectivity index (χ3n) is 5.93. The van der Waals surface area contributed by atoms with Crippen molar-refractivity contribution in [1.82, 2.24) is 0 Å². The fourth-order valence-electron chi connectivity index (χ4n) is 3.99. The highest BCUT2D eigenvalue weighted by atomic mass is 35.5. The van der Waals surface area contributed by atoms with Crippen LogP contribution >= 0.6 is 58.0 Å². The zero-order chi connectivity index (χ0) is 31.3. The van der Waals surface area contributed by atoms with Crippen molar-refractivity contribution in [1.29, 1.82) is 0 Å². The number of nitrogens with one attached hydrogen (secondary N) is 3. The second-order valence-electron chi connectivity index (χ2n) is 8.86. The topological polar surface area (TPSA) is 87.3 Å². The van der Waals surface area contributed by atoms with Crippen LogP contribution < -0.4 is 16.0 Å². The number of carbonyl (C=O) groups excluding carboxylic acids is 3. The average molecular weight is 694 g/mol. The van der Waals surface area contributed by atoms with Gasteiger partial charge in [0.1, 0.15) is 21.8 Å². The standard InChI is InChI=1S/C25H12Cl5F6N3O3/c26-9-1-8(2-10(27)3-9)18-19(24(18,29)30)22(41)37-11-4-12(20(28)15(33)5-11)21(40)38-16-7-17(14(32)6-13(16)31)39-23(42)25(34,35)36/h1-7,18-19H,(H,37,41)(H,38,40)(H,39,42)/t18-,19+/m0/s1. The molecule has 1 aliphatic rings. The molecule has 0 aliphatic heterocycles. The maximum Gasteiger partial charge on any atom is 0.471 e. The smallest absolute Gasteiger partial charge is 0.326 e. The Balaban J connectivity index is 1.56. The Kier molecular flexibility index (Phi) is 8.88. The minimum Gasteiger partial charge on any atom is -0.326 e. The summed E-state index contributed by atoms with van der Waals surface area (Å²) in [5.41, 5.74) is -2.51. The molecule has 0 heterocycles. The molecule has 222 valence electrons. The van der Waals surface area contributed by atoms with E-state index in [1.54, 1.807) is 0 Å². The maximum atomic E-state index is 14.6. The van der Waals surface area contributed by atoms with Crippen LogP contribution in [-0.2, 0) is 9.59 Å². The lowest BCUT2D eigenvalue weighted by Gasteiger charge is -2.14. The number of halogens is 11. The van der Waals surface area contributed by atoms with Gasteiger partial charge in [-0.3, -0.25) is 14.4 Å². The number of rotatable bonds is 6. The van der Waals surface area contributed by atoms with Gasteiger partial charge >= 0.3 is 12.1 Å². The number of carbonyl (C=O) groups is 3. The summed E-state index contributed by atoms with van der Waals surface area (Å²) < 4.78 is 78.9. The van der Waals surface area contributed by atoms with Crippen LogP contribution in [0.2, 0.25) is 15.1 Å². The molecule has 1 aliphatic carbocycles. The second-order valence-corrected chi connectivity index (χ2v) is 11.6. The van der Waals surface area contributed by atoms with Crippen LogP contribution in [0.5, 0.6) is 0 Å². The molecule has 6 nitrogen and oxygen atoms in total. The molecule has 3 N–H and O–H groups in total. The van der Waals surface area contributed by atoms with Gasteiger partial charge in [0.05, 0.1) is 27.9 Å². The highest BCUT2D eigenvalue weighted by molar-refractivity contribution is 6.53. The molecule has 1 fully saturated rings. The van der Waals surface area contributed by atoms with Crippen molar-refractivity contribution in [3.63, 3.8) is 0 Å². The Bertz CT molecular complexity index is 1620. The Morgan fingerprint density at radius 1 is 0.738 bits per heavy atom. The lowest BCUT2D eigenvalue weighted by molar-refractivity contribution is -0.167. The molecule has 1 saturated carbocycles. The third kappa shape index (κ3) is 6.68. The van der Waals surface area contributed by atoms with Gasteiger partial charge in [-0.15, -0.1) is 23.2 Å². The van der Waals surface area contributed by atoms with E-state index in [0.717, 1.165) is 12.1 Å². The van der Waals surface area contributed by atoms with E-state index in [0.29, 0.717) is 11.6 Å². The van der Waals surface area contributed by atoms with Gasteiger partial charge in [0, 0.05) is 27.7 Å². The minimum atomic E-state index is -5.39. The summed E-state index contributed by atoms with van der Waals surface area (Å²) in [5.74, 6) is -10.7. The highest BCUT2D eigenvalue weighted by Crippen LogP contribution is 2.65. The van der Waals surface area contributed by atoms with E-state index in [9.17, 15) is 40.7 Å². The molecule has 3 aromatic carbocycles. The lowest BCUT2D eigenvalue weighted by Crippen LogP contribution is -2.30. The Morgan fingerprint density at radius 2 is 1.31 bits per heavy atom. The number of hydrogen-bond donors (Lipinski definition) is 3. The zero-order valence-corrected chi connectivity index (χ0v) is 23.9. The maximum absolute atomic E-state index is 14.6. The van der Waals surface area contributed by atoms with Crippen molar-refractivity contribution in [2.45, 2.75) is 16.4 Å². The van der Waals surface area contributed by atoms with E-state index in [1.165, 1.54) is 23.5 Å². The highest BCUT2D eigenvalue weighted by Gasteiger charge is 2.67. The summed E-state index contributed by atoms with van der Waals surface area (Å²) in [5, 5.41) is 5.19. The fraction of sp³-hybridized carbons (Fsp3) is 0.160. The summed E-state index contributed by atoms with van der Waals surface area (Å²) in [7, 11) is 0. The van der Waals surface area contributed by atoms with Crippen LogP contribution in [0.25, 0.3) is 0 Å². The van der Waals surface area contributed by atoms with Crippen molar-refractivity contribution in [2.24, 2.45) is 5.92 Å². The Morgan fingerprint density at radius 3 is 1.88 bits per heavy atom. The predicted octanol–water partition coefficient (Wildman–Crippen LogP) is 8.34. The van der Waals surface area contributed by atoms with Gasteiger partial charge in [-0.1, -0.05) is 34.8 Å². The van der Waals surface area contributed by atoms with Gasteiger partial charge in [0.2, 0.25) is 5.91 Å². The van der Waals surface area contributed by atoms with E-state index in [-0.39, 0.29) is 21.8 Å². The van der Waals surface area contributed by atoms with Crippen LogP contribution in [-0.4, -0.2) is 28.2 Å². The number of anilines is 3. The van der Waals surface area contributed by atoms with E-state index in [4.69, 9.17) is 58.0 Å². The van der Waals surface area contributed by atoms with Crippen LogP contribution in [0.1, 0.15) is 21.8 Å². The van der Waals surface area contributed by atoms with Crippen molar-refractivity contribution in [3.8, 4) is 0 Å². The summed E-state index contributed by atoms with van der Waals surface area (Å²) in [6, 6.07) is 6.60. The fourth-order valence-corrected chi connectivity index (χ4v) is 5.56. The van der Waals surface area contributed by atoms with E-state index in [2.05, 4.69) is 5.32 Å². The van der Waals surface area contributed by atoms with Crippen LogP contribution in [0.15, 0.2) is 42.5 Å². The summed E-state index contributed by atoms with van der Waals surface area (Å²) >= 11 is 30.5. The molecule has 3 aromatic rings. The van der Waals surface area contributed by atoms with Crippen LogP contribution in [0.4, 0.5) is 43.4 Å². The first kappa shape index (κ1) is 32.0. The summed E-state index contributed by atoms with van der Waals surface area (Å²) in [4.78, 5) is 37.0. The molecule has 2 atom stereocenters. The van der Waals surface area contributed by atoms with Crippen molar-refractivity contribution < 1.29 is 40.7 Å². The molecule has 0 radical (unpaired) electrons. The zero-order valence-electron chi connectivity index (χ0n) is 20.1. The van der Waals surface area contributed by atoms with Crippen molar-refractivity contribution >= 4 is 92.8 Å². The van der Waals surface area contributed by atoms with E-state index < -0.39 is 79.5 Å². The van der Waals surface area contributed by atoms with E-state index >= 15 is 0 Å². The molecule has 42 heavy (non-hydrogen) atoms. The van der Waals surface area contributed by atoms with Crippen LogP contribution in [0, 0.1) is 23.4 Å². The van der Waals surface area contributed by atoms with E-state index in [1.807, 2.05) is 5.32 Å². The van der Waals surface area contributed by atoms with Crippen LogP contribution in [0.3, 0.4) is 0 Å². The van der Waals surface area contributed by atoms with Gasteiger partial charge in [-0.2, -0.15) is 13.2 Å². The first-order chi connectivity index (χ1) is 19.4. The third-order valence-corrected chi connectivity index (χ3v) is 7.69.